The third-order valence-electron chi connectivity index (χ3n) is 3.58. The molecule has 0 aromatic heterocycles. The van der Waals surface area contributed by atoms with Gasteiger partial charge in [-0.15, -0.1) is 0 Å². The van der Waals surface area contributed by atoms with Crippen LogP contribution in [0.15, 0.2) is 18.2 Å². The van der Waals surface area contributed by atoms with E-state index in [9.17, 15) is 0 Å². The summed E-state index contributed by atoms with van der Waals surface area (Å²) in [5, 5.41) is 0. The summed E-state index contributed by atoms with van der Waals surface area (Å²) in [4.78, 5) is 0. The van der Waals surface area contributed by atoms with Gasteiger partial charge in [-0.2, -0.15) is 0 Å². The van der Waals surface area contributed by atoms with Crippen LogP contribution in [0.3, 0.4) is 0 Å². The SMILES string of the molecule is Cc1ccc2c(c1)O[C@H](C1CCCO1)CC2. The molecule has 2 nitrogen and oxygen atoms in total. The first-order valence-corrected chi connectivity index (χ1v) is 6.21. The summed E-state index contributed by atoms with van der Waals surface area (Å²) in [5.74, 6) is 1.08. The fraction of sp³-hybridized carbons (Fsp3) is 0.571. The monoisotopic (exact) mass is 218 g/mol. The minimum absolute atomic E-state index is 0.275. The third kappa shape index (κ3) is 1.82. The molecule has 16 heavy (non-hydrogen) atoms. The highest BCUT2D eigenvalue weighted by Gasteiger charge is 2.30. The molecule has 0 spiro atoms. The van der Waals surface area contributed by atoms with E-state index in [0.717, 1.165) is 31.6 Å². The molecule has 0 aliphatic carbocycles. The Hall–Kier alpha value is -1.02. The van der Waals surface area contributed by atoms with Gasteiger partial charge in [0.05, 0.1) is 6.10 Å². The van der Waals surface area contributed by atoms with Crippen LogP contribution in [-0.4, -0.2) is 18.8 Å². The van der Waals surface area contributed by atoms with Crippen LogP contribution in [0.4, 0.5) is 0 Å². The lowest BCUT2D eigenvalue weighted by Crippen LogP contribution is -2.34. The van der Waals surface area contributed by atoms with Crippen molar-refractivity contribution < 1.29 is 9.47 Å². The lowest BCUT2D eigenvalue weighted by Gasteiger charge is -2.29. The minimum atomic E-state index is 0.275. The summed E-state index contributed by atoms with van der Waals surface area (Å²) >= 11 is 0. The number of benzene rings is 1. The molecule has 2 heteroatoms. The van der Waals surface area contributed by atoms with E-state index in [0.29, 0.717) is 6.10 Å². The van der Waals surface area contributed by atoms with Crippen LogP contribution in [0, 0.1) is 6.92 Å². The Kier molecular flexibility index (Phi) is 2.60. The van der Waals surface area contributed by atoms with E-state index in [-0.39, 0.29) is 6.10 Å². The maximum atomic E-state index is 6.07. The summed E-state index contributed by atoms with van der Waals surface area (Å²) < 4.78 is 11.8. The number of aryl methyl sites for hydroxylation is 2. The first-order chi connectivity index (χ1) is 7.83. The van der Waals surface area contributed by atoms with Crippen molar-refractivity contribution in [3.8, 4) is 5.75 Å². The summed E-state index contributed by atoms with van der Waals surface area (Å²) in [6, 6.07) is 6.50. The molecule has 0 radical (unpaired) electrons. The molecule has 2 atom stereocenters. The highest BCUT2D eigenvalue weighted by atomic mass is 16.5. The molecule has 1 aromatic carbocycles. The molecule has 1 fully saturated rings. The highest BCUT2D eigenvalue weighted by Crippen LogP contribution is 2.32. The lowest BCUT2D eigenvalue weighted by molar-refractivity contribution is 0.00278. The van der Waals surface area contributed by atoms with Gasteiger partial charge in [0.15, 0.2) is 0 Å². The molecule has 1 saturated heterocycles. The molecular weight excluding hydrogens is 200 g/mol. The number of hydrogen-bond donors (Lipinski definition) is 0. The third-order valence-corrected chi connectivity index (χ3v) is 3.58. The summed E-state index contributed by atoms with van der Waals surface area (Å²) in [6.45, 7) is 3.02. The van der Waals surface area contributed by atoms with Crippen LogP contribution in [0.2, 0.25) is 0 Å². The summed E-state index contributed by atoms with van der Waals surface area (Å²) in [5.41, 5.74) is 2.62. The van der Waals surface area contributed by atoms with E-state index in [1.807, 2.05) is 0 Å². The molecule has 3 rings (SSSR count). The average molecular weight is 218 g/mol. The van der Waals surface area contributed by atoms with Gasteiger partial charge in [0.1, 0.15) is 11.9 Å². The summed E-state index contributed by atoms with van der Waals surface area (Å²) in [7, 11) is 0. The molecule has 0 saturated carbocycles. The van der Waals surface area contributed by atoms with Gasteiger partial charge in [0.2, 0.25) is 0 Å². The van der Waals surface area contributed by atoms with Gasteiger partial charge in [0.25, 0.3) is 0 Å². The Bertz CT molecular complexity index is 380. The molecule has 1 aromatic rings. The normalized spacial score (nSPS) is 28.6. The second kappa shape index (κ2) is 4.10. The first-order valence-electron chi connectivity index (χ1n) is 6.21. The Balaban J connectivity index is 1.79. The second-order valence-electron chi connectivity index (χ2n) is 4.86. The predicted octanol–water partition coefficient (Wildman–Crippen LogP) is 2.87. The molecule has 0 bridgehead atoms. The molecule has 2 aliphatic rings. The van der Waals surface area contributed by atoms with Gasteiger partial charge < -0.3 is 9.47 Å². The van der Waals surface area contributed by atoms with Gasteiger partial charge >= 0.3 is 0 Å². The number of fused-ring (bicyclic) bond motifs is 1. The largest absolute Gasteiger partial charge is 0.487 e. The maximum absolute atomic E-state index is 6.07. The van der Waals surface area contributed by atoms with Crippen LogP contribution in [-0.2, 0) is 11.2 Å². The fourth-order valence-corrected chi connectivity index (χ4v) is 2.66. The molecule has 2 aliphatic heterocycles. The van der Waals surface area contributed by atoms with Gasteiger partial charge in [0, 0.05) is 6.61 Å². The van der Waals surface area contributed by atoms with Crippen molar-refractivity contribution >= 4 is 0 Å². The second-order valence-corrected chi connectivity index (χ2v) is 4.86. The Morgan fingerprint density at radius 1 is 1.19 bits per heavy atom. The quantitative estimate of drug-likeness (QED) is 0.721. The van der Waals surface area contributed by atoms with Crippen molar-refractivity contribution in [3.05, 3.63) is 29.3 Å². The zero-order valence-electron chi connectivity index (χ0n) is 9.74. The fourth-order valence-electron chi connectivity index (χ4n) is 2.66. The summed E-state index contributed by atoms with van der Waals surface area (Å²) in [6.07, 6.45) is 5.17. The van der Waals surface area contributed by atoms with E-state index in [4.69, 9.17) is 9.47 Å². The standard InChI is InChI=1S/C14H18O2/c1-10-4-5-11-6-7-13(16-14(11)9-10)12-3-2-8-15-12/h4-5,9,12-13H,2-3,6-8H2,1H3/t12?,13-/m0/s1. The van der Waals surface area contributed by atoms with E-state index < -0.39 is 0 Å². The maximum Gasteiger partial charge on any atom is 0.125 e. The Labute approximate surface area is 96.6 Å². The van der Waals surface area contributed by atoms with E-state index in [1.165, 1.54) is 17.5 Å². The first kappa shape index (κ1) is 10.2. The average Bonchev–Trinajstić information content (AvgIpc) is 2.81. The topological polar surface area (TPSA) is 18.5 Å². The zero-order valence-corrected chi connectivity index (χ0v) is 9.74. The van der Waals surface area contributed by atoms with Crippen molar-refractivity contribution in [2.75, 3.05) is 6.61 Å². The van der Waals surface area contributed by atoms with Crippen molar-refractivity contribution in [1.82, 2.24) is 0 Å². The lowest BCUT2D eigenvalue weighted by atomic mass is 9.97. The smallest absolute Gasteiger partial charge is 0.125 e. The van der Waals surface area contributed by atoms with Crippen LogP contribution >= 0.6 is 0 Å². The van der Waals surface area contributed by atoms with Crippen molar-refractivity contribution in [2.24, 2.45) is 0 Å². The van der Waals surface area contributed by atoms with Crippen LogP contribution in [0.1, 0.15) is 30.4 Å². The van der Waals surface area contributed by atoms with E-state index >= 15 is 0 Å². The zero-order chi connectivity index (χ0) is 11.0. The minimum Gasteiger partial charge on any atom is -0.487 e. The number of hydrogen-bond acceptors (Lipinski definition) is 2. The van der Waals surface area contributed by atoms with Crippen LogP contribution in [0.5, 0.6) is 5.75 Å². The van der Waals surface area contributed by atoms with Gasteiger partial charge in [-0.1, -0.05) is 12.1 Å². The van der Waals surface area contributed by atoms with E-state index in [2.05, 4.69) is 25.1 Å². The molecule has 0 amide bonds. The van der Waals surface area contributed by atoms with Crippen molar-refractivity contribution in [2.45, 2.75) is 44.8 Å². The molecule has 86 valence electrons. The Morgan fingerprint density at radius 2 is 2.12 bits per heavy atom. The van der Waals surface area contributed by atoms with Gasteiger partial charge in [-0.05, 0) is 49.8 Å². The van der Waals surface area contributed by atoms with Gasteiger partial charge in [-0.25, -0.2) is 0 Å². The molecule has 0 N–H and O–H groups in total. The van der Waals surface area contributed by atoms with E-state index in [1.54, 1.807) is 0 Å². The highest BCUT2D eigenvalue weighted by molar-refractivity contribution is 5.38. The van der Waals surface area contributed by atoms with Crippen LogP contribution in [0.25, 0.3) is 0 Å². The predicted molar refractivity (Wildman–Crippen MR) is 62.9 cm³/mol. The van der Waals surface area contributed by atoms with Gasteiger partial charge in [-0.3, -0.25) is 0 Å². The van der Waals surface area contributed by atoms with Crippen molar-refractivity contribution in [3.63, 3.8) is 0 Å². The molecule has 1 unspecified atom stereocenters. The number of rotatable bonds is 1. The van der Waals surface area contributed by atoms with Crippen molar-refractivity contribution in [1.29, 1.82) is 0 Å². The molecular formula is C14H18O2. The Morgan fingerprint density at radius 3 is 2.94 bits per heavy atom. The van der Waals surface area contributed by atoms with Crippen LogP contribution < -0.4 is 4.74 Å². The molecule has 2 heterocycles. The number of ether oxygens (including phenoxy) is 2.